The van der Waals surface area contributed by atoms with Crippen molar-refractivity contribution in [3.63, 3.8) is 0 Å². The van der Waals surface area contributed by atoms with Crippen molar-refractivity contribution in [1.82, 2.24) is 4.90 Å². The monoisotopic (exact) mass is 489 g/mol. The number of nitrogens with zero attached hydrogens (tertiary/aromatic N) is 1. The van der Waals surface area contributed by atoms with E-state index in [9.17, 15) is 22.8 Å². The van der Waals surface area contributed by atoms with Crippen molar-refractivity contribution < 1.29 is 22.8 Å². The van der Waals surface area contributed by atoms with E-state index in [-0.39, 0.29) is 17.0 Å². The smallest absolute Gasteiger partial charge is 0.268 e. The van der Waals surface area contributed by atoms with Gasteiger partial charge in [-0.1, -0.05) is 24.3 Å². The van der Waals surface area contributed by atoms with Crippen LogP contribution in [0.5, 0.6) is 0 Å². The molecule has 3 nitrogen and oxygen atoms in total. The number of rotatable bonds is 3. The molecule has 1 aliphatic heterocycles. The zero-order valence-electron chi connectivity index (χ0n) is 13.1. The third-order valence-electron chi connectivity index (χ3n) is 3.64. The van der Waals surface area contributed by atoms with E-state index in [0.29, 0.717) is 0 Å². The Morgan fingerprint density at radius 2 is 1.77 bits per heavy atom. The molecule has 1 saturated heterocycles. The number of imide groups is 1. The first kappa shape index (κ1) is 19.0. The van der Waals surface area contributed by atoms with Crippen LogP contribution in [-0.2, 0) is 17.5 Å². The van der Waals surface area contributed by atoms with Gasteiger partial charge in [-0.15, -0.1) is 0 Å². The van der Waals surface area contributed by atoms with Gasteiger partial charge in [-0.25, -0.2) is 0 Å². The molecular formula is C18H11F3INO2S. The average molecular weight is 489 g/mol. The molecule has 2 aromatic rings. The maximum atomic E-state index is 12.8. The van der Waals surface area contributed by atoms with Gasteiger partial charge in [0.15, 0.2) is 0 Å². The zero-order valence-corrected chi connectivity index (χ0v) is 16.1. The van der Waals surface area contributed by atoms with Gasteiger partial charge in [0, 0.05) is 3.57 Å². The highest BCUT2D eigenvalue weighted by Crippen LogP contribution is 2.35. The number of amides is 2. The molecule has 0 aromatic heterocycles. The summed E-state index contributed by atoms with van der Waals surface area (Å²) in [6.45, 7) is 0.127. The Morgan fingerprint density at radius 1 is 1.08 bits per heavy atom. The number of halogens is 4. The lowest BCUT2D eigenvalue weighted by Gasteiger charge is -2.12. The maximum absolute atomic E-state index is 12.8. The fourth-order valence-corrected chi connectivity index (χ4v) is 3.56. The van der Waals surface area contributed by atoms with Gasteiger partial charge in [0.2, 0.25) is 0 Å². The minimum absolute atomic E-state index is 0.111. The molecule has 2 amide bonds. The van der Waals surface area contributed by atoms with Gasteiger partial charge in [0.05, 0.1) is 17.0 Å². The number of alkyl halides is 3. The van der Waals surface area contributed by atoms with Crippen LogP contribution in [-0.4, -0.2) is 16.0 Å². The lowest BCUT2D eigenvalue weighted by molar-refractivity contribution is -0.137. The van der Waals surface area contributed by atoms with Crippen LogP contribution in [0.2, 0.25) is 0 Å². The minimum atomic E-state index is -4.46. The number of benzene rings is 2. The molecule has 0 bridgehead atoms. The standard InChI is InChI=1S/C18H11F3INO2S/c19-18(20,21)13-3-1-2-12(8-13)9-15-16(24)23(17(25)26-15)10-11-4-6-14(22)7-5-11/h1-9H,10H2/b15-9+. The van der Waals surface area contributed by atoms with Crippen LogP contribution in [0.3, 0.4) is 0 Å². The van der Waals surface area contributed by atoms with Gasteiger partial charge >= 0.3 is 6.18 Å². The molecule has 1 aliphatic rings. The van der Waals surface area contributed by atoms with Crippen molar-refractivity contribution in [3.05, 3.63) is 73.7 Å². The summed E-state index contributed by atoms with van der Waals surface area (Å²) in [5, 5.41) is -0.438. The van der Waals surface area contributed by atoms with Crippen molar-refractivity contribution in [2.75, 3.05) is 0 Å². The van der Waals surface area contributed by atoms with Gasteiger partial charge in [-0.2, -0.15) is 13.2 Å². The van der Waals surface area contributed by atoms with Crippen molar-refractivity contribution in [2.45, 2.75) is 12.7 Å². The fourth-order valence-electron chi connectivity index (χ4n) is 2.36. The van der Waals surface area contributed by atoms with Crippen LogP contribution in [0.1, 0.15) is 16.7 Å². The Labute approximate surface area is 165 Å². The van der Waals surface area contributed by atoms with Crippen LogP contribution in [0.15, 0.2) is 53.4 Å². The van der Waals surface area contributed by atoms with Gasteiger partial charge in [-0.3, -0.25) is 14.5 Å². The van der Waals surface area contributed by atoms with Crippen molar-refractivity contribution in [2.24, 2.45) is 0 Å². The van der Waals surface area contributed by atoms with Crippen LogP contribution < -0.4 is 0 Å². The van der Waals surface area contributed by atoms with Crippen LogP contribution >= 0.6 is 34.4 Å². The van der Waals surface area contributed by atoms with Gasteiger partial charge in [0.25, 0.3) is 11.1 Å². The fraction of sp³-hybridized carbons (Fsp3) is 0.111. The zero-order chi connectivity index (χ0) is 18.9. The Hall–Kier alpha value is -1.81. The van der Waals surface area contributed by atoms with Crippen molar-refractivity contribution in [3.8, 4) is 0 Å². The maximum Gasteiger partial charge on any atom is 0.416 e. The van der Waals surface area contributed by atoms with Crippen LogP contribution in [0, 0.1) is 3.57 Å². The van der Waals surface area contributed by atoms with E-state index >= 15 is 0 Å². The average Bonchev–Trinajstić information content (AvgIpc) is 2.84. The number of thioether (sulfide) groups is 1. The molecular weight excluding hydrogens is 478 g/mol. The molecule has 0 N–H and O–H groups in total. The molecule has 0 aliphatic carbocycles. The molecule has 2 aromatic carbocycles. The van der Waals surface area contributed by atoms with Crippen LogP contribution in [0.25, 0.3) is 6.08 Å². The van der Waals surface area contributed by atoms with Crippen LogP contribution in [0.4, 0.5) is 18.0 Å². The molecule has 3 rings (SSSR count). The minimum Gasteiger partial charge on any atom is -0.268 e. The second kappa shape index (κ2) is 7.43. The Bertz CT molecular complexity index is 894. The number of hydrogen-bond donors (Lipinski definition) is 0. The number of hydrogen-bond acceptors (Lipinski definition) is 3. The Morgan fingerprint density at radius 3 is 2.42 bits per heavy atom. The van der Waals surface area contributed by atoms with E-state index in [1.54, 1.807) is 0 Å². The van der Waals surface area contributed by atoms with E-state index in [4.69, 9.17) is 0 Å². The lowest BCUT2D eigenvalue weighted by atomic mass is 10.1. The van der Waals surface area contributed by atoms with Crippen molar-refractivity contribution >= 4 is 51.6 Å². The molecule has 0 unspecified atom stereocenters. The predicted octanol–water partition coefficient (Wildman–Crippen LogP) is 5.55. The summed E-state index contributed by atoms with van der Waals surface area (Å²) in [6, 6.07) is 12.0. The second-order valence-corrected chi connectivity index (χ2v) is 7.76. The summed E-state index contributed by atoms with van der Waals surface area (Å²) < 4.78 is 39.4. The molecule has 1 fully saturated rings. The summed E-state index contributed by atoms with van der Waals surface area (Å²) >= 11 is 2.88. The third-order valence-corrected chi connectivity index (χ3v) is 5.27. The van der Waals surface area contributed by atoms with Gasteiger partial charge in [0.1, 0.15) is 0 Å². The number of carbonyl (C=O) groups is 2. The largest absolute Gasteiger partial charge is 0.416 e. The summed E-state index contributed by atoms with van der Waals surface area (Å²) in [4.78, 5) is 25.8. The first-order chi connectivity index (χ1) is 12.2. The first-order valence-corrected chi connectivity index (χ1v) is 9.30. The third kappa shape index (κ3) is 4.29. The highest BCUT2D eigenvalue weighted by Gasteiger charge is 2.35. The Kier molecular flexibility index (Phi) is 5.42. The van der Waals surface area contributed by atoms with E-state index in [1.165, 1.54) is 18.2 Å². The summed E-state index contributed by atoms with van der Waals surface area (Å²) in [6.07, 6.45) is -3.15. The molecule has 26 heavy (non-hydrogen) atoms. The summed E-state index contributed by atoms with van der Waals surface area (Å²) in [5.41, 5.74) is 0.219. The highest BCUT2D eigenvalue weighted by molar-refractivity contribution is 14.1. The predicted molar refractivity (Wildman–Crippen MR) is 102 cm³/mol. The lowest BCUT2D eigenvalue weighted by Crippen LogP contribution is -2.27. The first-order valence-electron chi connectivity index (χ1n) is 7.41. The summed E-state index contributed by atoms with van der Waals surface area (Å²) in [5.74, 6) is -0.504. The molecule has 8 heteroatoms. The second-order valence-electron chi connectivity index (χ2n) is 5.52. The Balaban J connectivity index is 1.82. The molecule has 0 spiro atoms. The summed E-state index contributed by atoms with van der Waals surface area (Å²) in [7, 11) is 0. The molecule has 1 heterocycles. The van der Waals surface area contributed by atoms with Crippen molar-refractivity contribution in [1.29, 1.82) is 0 Å². The molecule has 134 valence electrons. The van der Waals surface area contributed by atoms with E-state index in [0.717, 1.165) is 37.9 Å². The van der Waals surface area contributed by atoms with E-state index < -0.39 is 22.9 Å². The van der Waals surface area contributed by atoms with E-state index in [1.807, 2.05) is 24.3 Å². The number of carbonyl (C=O) groups excluding carboxylic acids is 2. The van der Waals surface area contributed by atoms with Gasteiger partial charge in [-0.05, 0) is 75.8 Å². The quantitative estimate of drug-likeness (QED) is 0.420. The van der Waals surface area contributed by atoms with Gasteiger partial charge < -0.3 is 0 Å². The molecule has 0 saturated carbocycles. The highest BCUT2D eigenvalue weighted by atomic mass is 127. The molecule has 0 radical (unpaired) electrons. The topological polar surface area (TPSA) is 37.4 Å². The normalized spacial score (nSPS) is 16.6. The molecule has 0 atom stereocenters. The van der Waals surface area contributed by atoms with E-state index in [2.05, 4.69) is 22.6 Å². The SMILES string of the molecule is O=C1S/C(=C/c2cccc(C(F)(F)F)c2)C(=O)N1Cc1ccc(I)cc1.